The number of benzene rings is 1. The molecule has 3 aliphatic rings. The summed E-state index contributed by atoms with van der Waals surface area (Å²) in [4.78, 5) is 26.6. The van der Waals surface area contributed by atoms with Crippen LogP contribution in [-0.2, 0) is 16.6 Å². The van der Waals surface area contributed by atoms with Gasteiger partial charge >= 0.3 is 0 Å². The van der Waals surface area contributed by atoms with Crippen molar-refractivity contribution in [1.29, 1.82) is 0 Å². The SMILES string of the molecule is Cc1cc2c(C3CCC(=O)NC3=O)nn(C)c2cc1N1CCC(CCCSN2CCC(N)CC2)CC1. The second-order valence-electron chi connectivity index (χ2n) is 10.8. The number of aryl methyl sites for hydroxylation is 2. The first kappa shape index (κ1) is 25.5. The molecule has 196 valence electrons. The van der Waals surface area contributed by atoms with E-state index in [0.717, 1.165) is 61.5 Å². The fourth-order valence-electron chi connectivity index (χ4n) is 6.01. The average Bonchev–Trinajstić information content (AvgIpc) is 3.17. The standard InChI is InChI=1S/C27H40N6O2S/c1-18-16-22-24(31(2)30-26(22)21-5-6-25(34)29-27(21)35)17-23(18)32-11-7-19(8-12-32)4-3-15-36-33-13-9-20(28)10-14-33/h16-17,19-21H,3-15,28H2,1-2H3,(H,29,34,35). The molecule has 2 amide bonds. The second-order valence-corrected chi connectivity index (χ2v) is 12.0. The summed E-state index contributed by atoms with van der Waals surface area (Å²) in [7, 11) is 1.94. The third-order valence-corrected chi connectivity index (χ3v) is 9.45. The molecule has 5 rings (SSSR count). The first-order valence-corrected chi connectivity index (χ1v) is 14.5. The number of anilines is 1. The molecule has 9 heteroatoms. The Bertz CT molecular complexity index is 1100. The minimum Gasteiger partial charge on any atom is -0.371 e. The lowest BCUT2D eigenvalue weighted by Gasteiger charge is -2.35. The van der Waals surface area contributed by atoms with Gasteiger partial charge in [0.2, 0.25) is 11.8 Å². The normalized spacial score (nSPS) is 23.0. The van der Waals surface area contributed by atoms with E-state index in [9.17, 15) is 9.59 Å². The minimum atomic E-state index is -0.363. The quantitative estimate of drug-likeness (QED) is 0.333. The van der Waals surface area contributed by atoms with Crippen molar-refractivity contribution < 1.29 is 9.59 Å². The third-order valence-electron chi connectivity index (χ3n) is 8.25. The fraction of sp³-hybridized carbons (Fsp3) is 0.667. The highest BCUT2D eigenvalue weighted by Gasteiger charge is 2.32. The van der Waals surface area contributed by atoms with Crippen LogP contribution in [0, 0.1) is 12.8 Å². The van der Waals surface area contributed by atoms with Gasteiger partial charge in [0.05, 0.1) is 17.1 Å². The summed E-state index contributed by atoms with van der Waals surface area (Å²) in [5.74, 6) is 1.26. The smallest absolute Gasteiger partial charge is 0.235 e. The summed E-state index contributed by atoms with van der Waals surface area (Å²) in [5.41, 5.74) is 10.4. The van der Waals surface area contributed by atoms with E-state index >= 15 is 0 Å². The van der Waals surface area contributed by atoms with Gasteiger partial charge in [-0.2, -0.15) is 5.10 Å². The van der Waals surface area contributed by atoms with E-state index in [0.29, 0.717) is 18.9 Å². The van der Waals surface area contributed by atoms with Gasteiger partial charge in [0.25, 0.3) is 0 Å². The molecule has 0 radical (unpaired) electrons. The molecule has 8 nitrogen and oxygen atoms in total. The van der Waals surface area contributed by atoms with E-state index < -0.39 is 0 Å². The molecule has 3 aliphatic heterocycles. The Morgan fingerprint density at radius 1 is 1.08 bits per heavy atom. The lowest BCUT2D eigenvalue weighted by molar-refractivity contribution is -0.134. The summed E-state index contributed by atoms with van der Waals surface area (Å²) in [6, 6.07) is 4.84. The van der Waals surface area contributed by atoms with Gasteiger partial charge in [-0.25, -0.2) is 0 Å². The number of hydrogen-bond acceptors (Lipinski definition) is 7. The minimum absolute atomic E-state index is 0.190. The van der Waals surface area contributed by atoms with Crippen LogP contribution in [0.1, 0.15) is 68.5 Å². The zero-order valence-electron chi connectivity index (χ0n) is 21.7. The Morgan fingerprint density at radius 3 is 2.56 bits per heavy atom. The second kappa shape index (κ2) is 11.1. The summed E-state index contributed by atoms with van der Waals surface area (Å²) in [5, 5.41) is 8.22. The van der Waals surface area contributed by atoms with Crippen molar-refractivity contribution in [2.24, 2.45) is 18.7 Å². The first-order valence-electron chi connectivity index (χ1n) is 13.6. The van der Waals surface area contributed by atoms with Gasteiger partial charge in [0.1, 0.15) is 0 Å². The maximum absolute atomic E-state index is 12.5. The molecule has 3 N–H and O–H groups in total. The number of nitrogens with one attached hydrogen (secondary N) is 1. The van der Waals surface area contributed by atoms with Crippen LogP contribution in [0.15, 0.2) is 12.1 Å². The van der Waals surface area contributed by atoms with Gasteiger partial charge in [0, 0.05) is 62.5 Å². The summed E-state index contributed by atoms with van der Waals surface area (Å²) >= 11 is 2.02. The third kappa shape index (κ3) is 5.58. The number of fused-ring (bicyclic) bond motifs is 1. The van der Waals surface area contributed by atoms with Crippen LogP contribution in [0.5, 0.6) is 0 Å². The van der Waals surface area contributed by atoms with Crippen LogP contribution >= 0.6 is 11.9 Å². The molecule has 0 bridgehead atoms. The predicted octanol–water partition coefficient (Wildman–Crippen LogP) is 3.47. The van der Waals surface area contributed by atoms with Gasteiger partial charge in [0.15, 0.2) is 0 Å². The van der Waals surface area contributed by atoms with Crippen LogP contribution in [0.2, 0.25) is 0 Å². The van der Waals surface area contributed by atoms with E-state index in [-0.39, 0.29) is 17.7 Å². The first-order chi connectivity index (χ1) is 17.4. The van der Waals surface area contributed by atoms with Crippen molar-refractivity contribution in [3.05, 3.63) is 23.4 Å². The van der Waals surface area contributed by atoms with E-state index in [4.69, 9.17) is 10.8 Å². The molecule has 3 fully saturated rings. The van der Waals surface area contributed by atoms with E-state index in [2.05, 4.69) is 33.6 Å². The Kier molecular flexibility index (Phi) is 7.88. The molecule has 1 atom stereocenters. The van der Waals surface area contributed by atoms with Crippen LogP contribution < -0.4 is 16.0 Å². The van der Waals surface area contributed by atoms with Crippen molar-refractivity contribution in [2.45, 2.75) is 70.3 Å². The predicted molar refractivity (Wildman–Crippen MR) is 146 cm³/mol. The molecule has 0 aliphatic carbocycles. The summed E-state index contributed by atoms with van der Waals surface area (Å²) < 4.78 is 4.40. The number of carbonyl (C=O) groups is 2. The van der Waals surface area contributed by atoms with Crippen LogP contribution in [-0.4, -0.2) is 63.9 Å². The number of nitrogens with two attached hydrogens (primary N) is 1. The number of piperidine rings is 3. The topological polar surface area (TPSA) is 96.5 Å². The van der Waals surface area contributed by atoms with Gasteiger partial charge in [-0.15, -0.1) is 0 Å². The van der Waals surface area contributed by atoms with Crippen LogP contribution in [0.3, 0.4) is 0 Å². The molecule has 1 aromatic carbocycles. The molecule has 0 saturated carbocycles. The molecule has 1 unspecified atom stereocenters. The Balaban J connectivity index is 1.17. The monoisotopic (exact) mass is 512 g/mol. The number of nitrogens with zero attached hydrogens (tertiary/aromatic N) is 4. The highest BCUT2D eigenvalue weighted by Crippen LogP contribution is 2.36. The van der Waals surface area contributed by atoms with Crippen molar-refractivity contribution in [3.8, 4) is 0 Å². The zero-order valence-corrected chi connectivity index (χ0v) is 22.5. The molecule has 36 heavy (non-hydrogen) atoms. The maximum Gasteiger partial charge on any atom is 0.235 e. The van der Waals surface area contributed by atoms with E-state index in [1.54, 1.807) is 0 Å². The summed E-state index contributed by atoms with van der Waals surface area (Å²) in [6.07, 6.45) is 8.26. The number of rotatable bonds is 7. The fourth-order valence-corrected chi connectivity index (χ4v) is 7.04. The number of imide groups is 1. The van der Waals surface area contributed by atoms with Crippen LogP contribution in [0.25, 0.3) is 10.9 Å². The zero-order chi connectivity index (χ0) is 25.2. The van der Waals surface area contributed by atoms with Gasteiger partial charge in [-0.3, -0.25) is 23.9 Å². The maximum atomic E-state index is 12.5. The number of hydrogen-bond donors (Lipinski definition) is 2. The summed E-state index contributed by atoms with van der Waals surface area (Å²) in [6.45, 7) is 6.62. The lowest BCUT2D eigenvalue weighted by Crippen LogP contribution is -2.39. The van der Waals surface area contributed by atoms with Gasteiger partial charge in [-0.05, 0) is 75.5 Å². The molecule has 1 aromatic heterocycles. The highest BCUT2D eigenvalue weighted by atomic mass is 32.2. The highest BCUT2D eigenvalue weighted by molar-refractivity contribution is 7.97. The largest absolute Gasteiger partial charge is 0.371 e. The molecule has 4 heterocycles. The van der Waals surface area contributed by atoms with E-state index in [1.165, 1.54) is 42.7 Å². The van der Waals surface area contributed by atoms with Crippen molar-refractivity contribution in [2.75, 3.05) is 36.8 Å². The molecule has 0 spiro atoms. The van der Waals surface area contributed by atoms with Gasteiger partial charge < -0.3 is 10.6 Å². The Hall–Kier alpha value is -2.10. The number of aromatic nitrogens is 2. The molecular weight excluding hydrogens is 472 g/mol. The van der Waals surface area contributed by atoms with Crippen molar-refractivity contribution in [3.63, 3.8) is 0 Å². The molecule has 3 saturated heterocycles. The number of carbonyl (C=O) groups excluding carboxylic acids is 2. The van der Waals surface area contributed by atoms with E-state index in [1.807, 2.05) is 23.7 Å². The van der Waals surface area contributed by atoms with Crippen molar-refractivity contribution >= 4 is 40.4 Å². The van der Waals surface area contributed by atoms with Gasteiger partial charge in [-0.1, -0.05) is 11.9 Å². The lowest BCUT2D eigenvalue weighted by atomic mass is 9.91. The molecule has 2 aromatic rings. The van der Waals surface area contributed by atoms with Crippen LogP contribution in [0.4, 0.5) is 5.69 Å². The average molecular weight is 513 g/mol. The number of amides is 2. The Morgan fingerprint density at radius 2 is 1.83 bits per heavy atom. The Labute approximate surface area is 218 Å². The molecular formula is C27H40N6O2S. The van der Waals surface area contributed by atoms with Crippen molar-refractivity contribution in [1.82, 2.24) is 19.4 Å².